The van der Waals surface area contributed by atoms with Gasteiger partial charge in [0.1, 0.15) is 6.21 Å². The minimum absolute atomic E-state index is 0.671. The highest BCUT2D eigenvalue weighted by Crippen LogP contribution is 1.92. The Hall–Kier alpha value is -1.32. The summed E-state index contributed by atoms with van der Waals surface area (Å²) >= 11 is 0. The molecule has 0 saturated heterocycles. The van der Waals surface area contributed by atoms with Crippen LogP contribution in [0.1, 0.15) is 12.7 Å². The summed E-state index contributed by atoms with van der Waals surface area (Å²) in [6.45, 7) is 2.83. The number of aromatic nitrogens is 2. The van der Waals surface area contributed by atoms with Gasteiger partial charge in [-0.1, -0.05) is 5.16 Å². The number of aryl methyl sites for hydroxylation is 1. The molecule has 0 fully saturated rings. The molecule has 0 spiro atoms. The lowest BCUT2D eigenvalue weighted by Gasteiger charge is -1.95. The predicted octanol–water partition coefficient (Wildman–Crippen LogP) is 0.711. The minimum Gasteiger partial charge on any atom is -0.411 e. The average Bonchev–Trinajstić information content (AvgIpc) is 2.36. The van der Waals surface area contributed by atoms with Gasteiger partial charge in [-0.15, -0.1) is 0 Å². The van der Waals surface area contributed by atoms with Crippen molar-refractivity contribution < 1.29 is 5.21 Å². The summed E-state index contributed by atoms with van der Waals surface area (Å²) in [6, 6.07) is 0. The van der Waals surface area contributed by atoms with Gasteiger partial charge in [0.25, 0.3) is 0 Å². The van der Waals surface area contributed by atoms with Crippen molar-refractivity contribution in [1.82, 2.24) is 9.55 Å². The van der Waals surface area contributed by atoms with Crippen LogP contribution in [-0.2, 0) is 6.54 Å². The Morgan fingerprint density at radius 1 is 1.90 bits per heavy atom. The molecule has 0 aliphatic rings. The summed E-state index contributed by atoms with van der Waals surface area (Å²) in [4.78, 5) is 3.93. The van der Waals surface area contributed by atoms with Gasteiger partial charge in [0.15, 0.2) is 5.82 Å². The van der Waals surface area contributed by atoms with Gasteiger partial charge in [-0.25, -0.2) is 4.98 Å². The molecule has 54 valence electrons. The lowest BCUT2D eigenvalue weighted by Crippen LogP contribution is -1.98. The minimum atomic E-state index is 0.671. The summed E-state index contributed by atoms with van der Waals surface area (Å²) in [5.41, 5.74) is 0. The SMILES string of the molecule is CCn1ccnc1C=NO. The zero-order chi connectivity index (χ0) is 7.40. The van der Waals surface area contributed by atoms with Crippen LogP contribution >= 0.6 is 0 Å². The Bertz CT molecular complexity index is 229. The van der Waals surface area contributed by atoms with E-state index in [1.54, 1.807) is 6.20 Å². The molecular formula is C6H9N3O. The fraction of sp³-hybridized carbons (Fsp3) is 0.333. The highest BCUT2D eigenvalue weighted by atomic mass is 16.4. The smallest absolute Gasteiger partial charge is 0.154 e. The molecule has 4 heteroatoms. The van der Waals surface area contributed by atoms with Gasteiger partial charge < -0.3 is 9.77 Å². The lowest BCUT2D eigenvalue weighted by atomic mass is 10.6. The first-order chi connectivity index (χ1) is 4.88. The summed E-state index contributed by atoms with van der Waals surface area (Å²) in [5, 5.41) is 11.1. The fourth-order valence-corrected chi connectivity index (χ4v) is 0.767. The Morgan fingerprint density at radius 3 is 3.30 bits per heavy atom. The molecule has 0 atom stereocenters. The number of rotatable bonds is 2. The predicted molar refractivity (Wildman–Crippen MR) is 37.3 cm³/mol. The second-order valence-corrected chi connectivity index (χ2v) is 1.82. The van der Waals surface area contributed by atoms with Crippen LogP contribution < -0.4 is 0 Å². The molecule has 0 aliphatic heterocycles. The molecule has 0 amide bonds. The molecule has 0 radical (unpaired) electrons. The zero-order valence-electron chi connectivity index (χ0n) is 5.73. The van der Waals surface area contributed by atoms with Crippen LogP contribution in [0.25, 0.3) is 0 Å². The molecule has 1 N–H and O–H groups in total. The first-order valence-electron chi connectivity index (χ1n) is 3.07. The molecule has 10 heavy (non-hydrogen) atoms. The molecule has 4 nitrogen and oxygen atoms in total. The van der Waals surface area contributed by atoms with Gasteiger partial charge in [-0.05, 0) is 6.92 Å². The van der Waals surface area contributed by atoms with Crippen LogP contribution in [0.15, 0.2) is 17.5 Å². The molecule has 0 bridgehead atoms. The summed E-state index contributed by atoms with van der Waals surface area (Å²) in [6.07, 6.45) is 4.81. The third-order valence-electron chi connectivity index (χ3n) is 1.26. The molecule has 0 aromatic carbocycles. The Morgan fingerprint density at radius 2 is 2.70 bits per heavy atom. The third kappa shape index (κ3) is 1.15. The molecule has 0 aliphatic carbocycles. The van der Waals surface area contributed by atoms with E-state index in [2.05, 4.69) is 10.1 Å². The van der Waals surface area contributed by atoms with E-state index in [4.69, 9.17) is 5.21 Å². The molecular weight excluding hydrogens is 130 g/mol. The molecule has 1 rings (SSSR count). The Kier molecular flexibility index (Phi) is 2.04. The number of hydrogen-bond acceptors (Lipinski definition) is 3. The third-order valence-corrected chi connectivity index (χ3v) is 1.26. The van der Waals surface area contributed by atoms with Gasteiger partial charge in [0, 0.05) is 18.9 Å². The maximum absolute atomic E-state index is 8.17. The molecule has 0 unspecified atom stereocenters. The first kappa shape index (κ1) is 6.80. The quantitative estimate of drug-likeness (QED) is 0.372. The van der Waals surface area contributed by atoms with Crippen molar-refractivity contribution in [2.45, 2.75) is 13.5 Å². The second-order valence-electron chi connectivity index (χ2n) is 1.82. The van der Waals surface area contributed by atoms with Crippen LogP contribution in [0, 0.1) is 0 Å². The molecule has 1 heterocycles. The Labute approximate surface area is 58.8 Å². The number of hydrogen-bond donors (Lipinski definition) is 1. The second kappa shape index (κ2) is 3.00. The fourth-order valence-electron chi connectivity index (χ4n) is 0.767. The van der Waals surface area contributed by atoms with Crippen LogP contribution in [0.3, 0.4) is 0 Å². The lowest BCUT2D eigenvalue weighted by molar-refractivity contribution is 0.321. The standard InChI is InChI=1S/C6H9N3O/c1-2-9-4-3-7-6(9)5-8-10/h3-5,10H,2H2,1H3. The van der Waals surface area contributed by atoms with Crippen molar-refractivity contribution in [2.75, 3.05) is 0 Å². The molecule has 0 saturated carbocycles. The molecule has 1 aromatic heterocycles. The van der Waals surface area contributed by atoms with Crippen molar-refractivity contribution in [3.05, 3.63) is 18.2 Å². The maximum atomic E-state index is 8.17. The number of oxime groups is 1. The van der Waals surface area contributed by atoms with E-state index in [9.17, 15) is 0 Å². The molecule has 1 aromatic rings. The van der Waals surface area contributed by atoms with Crippen LogP contribution in [0.4, 0.5) is 0 Å². The van der Waals surface area contributed by atoms with E-state index in [0.717, 1.165) is 6.54 Å². The average molecular weight is 139 g/mol. The highest BCUT2D eigenvalue weighted by Gasteiger charge is 1.94. The van der Waals surface area contributed by atoms with Crippen molar-refractivity contribution in [2.24, 2.45) is 5.16 Å². The summed E-state index contributed by atoms with van der Waals surface area (Å²) in [5.74, 6) is 0.671. The van der Waals surface area contributed by atoms with Gasteiger partial charge in [0.05, 0.1) is 0 Å². The number of imidazole rings is 1. The van der Waals surface area contributed by atoms with Crippen molar-refractivity contribution in [3.63, 3.8) is 0 Å². The van der Waals surface area contributed by atoms with Gasteiger partial charge in [0.2, 0.25) is 0 Å². The van der Waals surface area contributed by atoms with E-state index in [1.807, 2.05) is 17.7 Å². The maximum Gasteiger partial charge on any atom is 0.154 e. The summed E-state index contributed by atoms with van der Waals surface area (Å²) < 4.78 is 1.87. The monoisotopic (exact) mass is 139 g/mol. The van der Waals surface area contributed by atoms with Gasteiger partial charge in [-0.3, -0.25) is 0 Å². The van der Waals surface area contributed by atoms with Crippen molar-refractivity contribution in [1.29, 1.82) is 0 Å². The first-order valence-corrected chi connectivity index (χ1v) is 3.07. The normalized spacial score (nSPS) is 10.9. The van der Waals surface area contributed by atoms with Crippen molar-refractivity contribution in [3.8, 4) is 0 Å². The van der Waals surface area contributed by atoms with Crippen LogP contribution in [0.2, 0.25) is 0 Å². The van der Waals surface area contributed by atoms with E-state index in [-0.39, 0.29) is 0 Å². The highest BCUT2D eigenvalue weighted by molar-refractivity contribution is 5.74. The van der Waals surface area contributed by atoms with Crippen molar-refractivity contribution >= 4 is 6.21 Å². The van der Waals surface area contributed by atoms with Crippen LogP contribution in [0.5, 0.6) is 0 Å². The van der Waals surface area contributed by atoms with E-state index >= 15 is 0 Å². The van der Waals surface area contributed by atoms with E-state index in [0.29, 0.717) is 5.82 Å². The topological polar surface area (TPSA) is 50.4 Å². The number of nitrogens with zero attached hydrogens (tertiary/aromatic N) is 3. The zero-order valence-corrected chi connectivity index (χ0v) is 5.73. The largest absolute Gasteiger partial charge is 0.411 e. The van der Waals surface area contributed by atoms with E-state index < -0.39 is 0 Å². The van der Waals surface area contributed by atoms with Gasteiger partial charge >= 0.3 is 0 Å². The van der Waals surface area contributed by atoms with Gasteiger partial charge in [-0.2, -0.15) is 0 Å². The van der Waals surface area contributed by atoms with E-state index in [1.165, 1.54) is 6.21 Å². The summed E-state index contributed by atoms with van der Waals surface area (Å²) in [7, 11) is 0. The Balaban J connectivity index is 2.90. The van der Waals surface area contributed by atoms with Crippen LogP contribution in [-0.4, -0.2) is 21.0 Å².